The number of likely N-dealkylation sites (N-methyl/N-ethyl adjacent to an activating group) is 1. The largest absolute Gasteiger partial charge is 0.497 e. The van der Waals surface area contributed by atoms with Crippen LogP contribution in [0.15, 0.2) is 29.3 Å². The first kappa shape index (κ1) is 24.9. The Morgan fingerprint density at radius 2 is 1.85 bits per heavy atom. The monoisotopic (exact) mass is 478 g/mol. The second kappa shape index (κ2) is 15.0. The van der Waals surface area contributed by atoms with E-state index >= 15 is 0 Å². The van der Waals surface area contributed by atoms with Crippen molar-refractivity contribution >= 4 is 29.9 Å². The molecule has 150 valence electrons. The molecule has 0 spiro atoms. The van der Waals surface area contributed by atoms with E-state index in [0.717, 1.165) is 50.9 Å². The lowest BCUT2D eigenvalue weighted by Crippen LogP contribution is -2.42. The Morgan fingerprint density at radius 3 is 2.38 bits per heavy atom. The molecule has 0 saturated heterocycles. The lowest BCUT2D eigenvalue weighted by Gasteiger charge is -2.26. The van der Waals surface area contributed by atoms with Crippen LogP contribution < -0.4 is 15.4 Å². The fourth-order valence-electron chi connectivity index (χ4n) is 2.52. The Bertz CT molecular complexity index is 495. The number of guanidine groups is 1. The Hall–Kier alpha value is -1.06. The molecule has 7 heteroatoms. The van der Waals surface area contributed by atoms with Crippen LogP contribution in [0.4, 0.5) is 0 Å². The van der Waals surface area contributed by atoms with Gasteiger partial charge in [0.1, 0.15) is 5.75 Å². The number of nitrogens with zero attached hydrogens (tertiary/aromatic N) is 2. The van der Waals surface area contributed by atoms with Gasteiger partial charge in [0, 0.05) is 33.4 Å². The first-order valence-corrected chi connectivity index (χ1v) is 8.95. The zero-order chi connectivity index (χ0) is 18.5. The molecule has 0 amide bonds. The van der Waals surface area contributed by atoms with Crippen LogP contribution in [0, 0.1) is 0 Å². The van der Waals surface area contributed by atoms with Crippen LogP contribution in [0.5, 0.6) is 5.75 Å². The van der Waals surface area contributed by atoms with Crippen molar-refractivity contribution < 1.29 is 9.47 Å². The van der Waals surface area contributed by atoms with Crippen molar-refractivity contribution in [3.05, 3.63) is 29.8 Å². The summed E-state index contributed by atoms with van der Waals surface area (Å²) in [6.45, 7) is 5.30. The van der Waals surface area contributed by atoms with E-state index in [1.54, 1.807) is 14.2 Å². The minimum atomic E-state index is 0. The van der Waals surface area contributed by atoms with Crippen molar-refractivity contribution in [2.75, 3.05) is 54.6 Å². The normalized spacial score (nSPS) is 12.5. The number of benzene rings is 1. The molecule has 1 unspecified atom stereocenters. The molecule has 1 rings (SSSR count). The molecule has 1 aromatic carbocycles. The second-order valence-corrected chi connectivity index (χ2v) is 6.04. The Kier molecular flexibility index (Phi) is 14.4. The minimum Gasteiger partial charge on any atom is -0.497 e. The zero-order valence-electron chi connectivity index (χ0n) is 16.7. The van der Waals surface area contributed by atoms with E-state index in [4.69, 9.17) is 9.47 Å². The number of hydrogen-bond donors (Lipinski definition) is 2. The molecule has 0 saturated carbocycles. The highest BCUT2D eigenvalue weighted by molar-refractivity contribution is 14.0. The minimum absolute atomic E-state index is 0. The third-order valence-corrected chi connectivity index (χ3v) is 4.02. The van der Waals surface area contributed by atoms with Gasteiger partial charge >= 0.3 is 0 Å². The van der Waals surface area contributed by atoms with Crippen molar-refractivity contribution in [2.45, 2.75) is 25.8 Å². The number of nitrogens with one attached hydrogen (secondary N) is 2. The number of rotatable bonds is 11. The topological polar surface area (TPSA) is 58.1 Å². The summed E-state index contributed by atoms with van der Waals surface area (Å²) in [6, 6.07) is 8.46. The Balaban J connectivity index is 0.00000625. The van der Waals surface area contributed by atoms with Crippen LogP contribution in [-0.2, 0) is 4.74 Å². The van der Waals surface area contributed by atoms with Crippen molar-refractivity contribution in [2.24, 2.45) is 4.99 Å². The fraction of sp³-hybridized carbons (Fsp3) is 0.632. The number of unbranched alkanes of at least 4 members (excludes halogenated alkanes) is 1. The molecule has 0 aliphatic rings. The van der Waals surface area contributed by atoms with Crippen LogP contribution in [-0.4, -0.2) is 65.4 Å². The smallest absolute Gasteiger partial charge is 0.191 e. The summed E-state index contributed by atoms with van der Waals surface area (Å²) in [5, 5.41) is 6.77. The van der Waals surface area contributed by atoms with E-state index in [-0.39, 0.29) is 30.0 Å². The number of methoxy groups -OCH3 is 1. The third kappa shape index (κ3) is 9.59. The molecule has 0 heterocycles. The van der Waals surface area contributed by atoms with Gasteiger partial charge < -0.3 is 25.0 Å². The van der Waals surface area contributed by atoms with Gasteiger partial charge in [0.15, 0.2) is 5.96 Å². The summed E-state index contributed by atoms with van der Waals surface area (Å²) in [5.74, 6) is 1.70. The maximum Gasteiger partial charge on any atom is 0.191 e. The summed E-state index contributed by atoms with van der Waals surface area (Å²) < 4.78 is 10.6. The molecule has 26 heavy (non-hydrogen) atoms. The van der Waals surface area contributed by atoms with Gasteiger partial charge in [0.05, 0.1) is 13.2 Å². The van der Waals surface area contributed by atoms with E-state index in [2.05, 4.69) is 46.8 Å². The molecule has 1 atom stereocenters. The summed E-state index contributed by atoms with van der Waals surface area (Å²) in [7, 11) is 7.65. The molecular formula is C19H35IN4O2. The van der Waals surface area contributed by atoms with Gasteiger partial charge in [0.2, 0.25) is 0 Å². The lowest BCUT2D eigenvalue weighted by atomic mass is 10.1. The maximum absolute atomic E-state index is 5.35. The average Bonchev–Trinajstić information content (AvgIpc) is 2.63. The van der Waals surface area contributed by atoms with Crippen molar-refractivity contribution in [3.63, 3.8) is 0 Å². The summed E-state index contributed by atoms with van der Waals surface area (Å²) in [5.41, 5.74) is 1.24. The van der Waals surface area contributed by atoms with Crippen LogP contribution in [0.1, 0.15) is 31.4 Å². The average molecular weight is 478 g/mol. The van der Waals surface area contributed by atoms with E-state index < -0.39 is 0 Å². The molecule has 1 aromatic rings. The fourth-order valence-corrected chi connectivity index (χ4v) is 2.52. The first-order chi connectivity index (χ1) is 12.1. The van der Waals surface area contributed by atoms with Gasteiger partial charge in [-0.2, -0.15) is 0 Å². The second-order valence-electron chi connectivity index (χ2n) is 6.04. The van der Waals surface area contributed by atoms with E-state index in [0.29, 0.717) is 0 Å². The molecule has 2 N–H and O–H groups in total. The first-order valence-electron chi connectivity index (χ1n) is 8.95. The zero-order valence-corrected chi connectivity index (χ0v) is 19.1. The van der Waals surface area contributed by atoms with Gasteiger partial charge in [-0.3, -0.25) is 4.99 Å². The predicted octanol–water partition coefficient (Wildman–Crippen LogP) is 2.90. The van der Waals surface area contributed by atoms with E-state index in [1.165, 1.54) is 5.56 Å². The third-order valence-electron chi connectivity index (χ3n) is 4.02. The quantitative estimate of drug-likeness (QED) is 0.222. The summed E-state index contributed by atoms with van der Waals surface area (Å²) in [6.07, 6.45) is 2.13. The van der Waals surface area contributed by atoms with Crippen LogP contribution in [0.3, 0.4) is 0 Å². The molecule has 6 nitrogen and oxygen atoms in total. The van der Waals surface area contributed by atoms with Crippen LogP contribution in [0.2, 0.25) is 0 Å². The van der Waals surface area contributed by atoms with Crippen LogP contribution in [0.25, 0.3) is 0 Å². The summed E-state index contributed by atoms with van der Waals surface area (Å²) in [4.78, 5) is 6.50. The van der Waals surface area contributed by atoms with E-state index in [9.17, 15) is 0 Å². The highest BCUT2D eigenvalue weighted by atomic mass is 127. The van der Waals surface area contributed by atoms with Crippen molar-refractivity contribution in [1.82, 2.24) is 15.5 Å². The summed E-state index contributed by atoms with van der Waals surface area (Å²) >= 11 is 0. The maximum atomic E-state index is 5.35. The van der Waals surface area contributed by atoms with Gasteiger partial charge in [-0.15, -0.1) is 24.0 Å². The number of halogens is 1. The highest BCUT2D eigenvalue weighted by Crippen LogP contribution is 2.20. The Labute approximate surface area is 175 Å². The van der Waals surface area contributed by atoms with Gasteiger partial charge in [-0.25, -0.2) is 0 Å². The number of hydrogen-bond acceptors (Lipinski definition) is 4. The predicted molar refractivity (Wildman–Crippen MR) is 120 cm³/mol. The van der Waals surface area contributed by atoms with Crippen molar-refractivity contribution in [3.8, 4) is 5.75 Å². The molecule has 0 aliphatic carbocycles. The van der Waals surface area contributed by atoms with Gasteiger partial charge in [-0.05, 0) is 51.6 Å². The standard InChI is InChI=1S/C19H34N4O2.HI/c1-6-25-14-8-7-13-21-19(20-2)22-15-18(23(3)4)16-9-11-17(24-5)12-10-16;/h9-12,18H,6-8,13-15H2,1-5H3,(H2,20,21,22);1H. The molecule has 0 bridgehead atoms. The molecular weight excluding hydrogens is 443 g/mol. The van der Waals surface area contributed by atoms with Crippen LogP contribution >= 0.6 is 24.0 Å². The van der Waals surface area contributed by atoms with Crippen molar-refractivity contribution in [1.29, 1.82) is 0 Å². The van der Waals surface area contributed by atoms with E-state index in [1.807, 2.05) is 19.1 Å². The molecule has 0 radical (unpaired) electrons. The number of ether oxygens (including phenoxy) is 2. The highest BCUT2D eigenvalue weighted by Gasteiger charge is 2.14. The van der Waals surface area contributed by atoms with Gasteiger partial charge in [0.25, 0.3) is 0 Å². The van der Waals surface area contributed by atoms with Gasteiger partial charge in [-0.1, -0.05) is 12.1 Å². The molecule has 0 fully saturated rings. The molecule has 0 aliphatic heterocycles. The molecule has 0 aromatic heterocycles. The SMILES string of the molecule is CCOCCCCNC(=NC)NCC(c1ccc(OC)cc1)N(C)C.I. The Morgan fingerprint density at radius 1 is 1.15 bits per heavy atom. The number of aliphatic imine (C=N–C) groups is 1. The lowest BCUT2D eigenvalue weighted by molar-refractivity contribution is 0.143.